The Morgan fingerprint density at radius 2 is 2.00 bits per heavy atom. The molecule has 1 aromatic carbocycles. The van der Waals surface area contributed by atoms with Crippen molar-refractivity contribution in [3.63, 3.8) is 0 Å². The molecule has 1 saturated carbocycles. The first-order chi connectivity index (χ1) is 7.74. The zero-order valence-electron chi connectivity index (χ0n) is 10.3. The molecule has 1 aliphatic carbocycles. The maximum atomic E-state index is 6.55. The van der Waals surface area contributed by atoms with Crippen LogP contribution in [0, 0.1) is 5.92 Å². The van der Waals surface area contributed by atoms with E-state index in [9.17, 15) is 0 Å². The lowest BCUT2D eigenvalue weighted by Crippen LogP contribution is -1.99. The van der Waals surface area contributed by atoms with Crippen LogP contribution in [0.15, 0.2) is 18.2 Å². The van der Waals surface area contributed by atoms with Crippen molar-refractivity contribution in [1.29, 1.82) is 0 Å². The second-order valence-corrected chi connectivity index (χ2v) is 5.41. The summed E-state index contributed by atoms with van der Waals surface area (Å²) in [6.07, 6.45) is 6.13. The number of alkyl halides is 1. The van der Waals surface area contributed by atoms with Crippen molar-refractivity contribution >= 4 is 11.6 Å². The van der Waals surface area contributed by atoms with Gasteiger partial charge in [0.1, 0.15) is 0 Å². The van der Waals surface area contributed by atoms with Crippen LogP contribution in [-0.2, 0) is 12.8 Å². The normalized spacial score (nSPS) is 17.4. The molecule has 16 heavy (non-hydrogen) atoms. The summed E-state index contributed by atoms with van der Waals surface area (Å²) >= 11 is 6.55. The Bertz CT molecular complexity index is 352. The Hall–Kier alpha value is -0.490. The van der Waals surface area contributed by atoms with Gasteiger partial charge in [-0.1, -0.05) is 44.9 Å². The Labute approximate surface area is 104 Å². The summed E-state index contributed by atoms with van der Waals surface area (Å²) in [5, 5.41) is 0.231. The van der Waals surface area contributed by atoms with E-state index in [0.717, 1.165) is 18.8 Å². The van der Waals surface area contributed by atoms with E-state index in [1.807, 2.05) is 0 Å². The predicted octanol–water partition coefficient (Wildman–Crippen LogP) is 4.89. The molecule has 0 saturated heterocycles. The van der Waals surface area contributed by atoms with Crippen molar-refractivity contribution in [2.75, 3.05) is 0 Å². The summed E-state index contributed by atoms with van der Waals surface area (Å²) in [7, 11) is 0. The number of hydrogen-bond acceptors (Lipinski definition) is 0. The topological polar surface area (TPSA) is 0 Å². The average Bonchev–Trinajstić information content (AvgIpc) is 3.12. The lowest BCUT2D eigenvalue weighted by Gasteiger charge is -2.15. The van der Waals surface area contributed by atoms with Gasteiger partial charge in [0, 0.05) is 0 Å². The van der Waals surface area contributed by atoms with E-state index in [1.165, 1.54) is 36.0 Å². The van der Waals surface area contributed by atoms with Crippen molar-refractivity contribution in [1.82, 2.24) is 0 Å². The molecule has 0 heterocycles. The average molecular weight is 237 g/mol. The van der Waals surface area contributed by atoms with Gasteiger partial charge in [-0.05, 0) is 41.9 Å². The van der Waals surface area contributed by atoms with E-state index in [4.69, 9.17) is 11.6 Å². The van der Waals surface area contributed by atoms with Crippen LogP contribution in [-0.4, -0.2) is 0 Å². The number of rotatable bonds is 5. The second-order valence-electron chi connectivity index (χ2n) is 4.89. The second kappa shape index (κ2) is 5.23. The molecule has 0 amide bonds. The summed E-state index contributed by atoms with van der Waals surface area (Å²) in [6, 6.07) is 6.82. The molecule has 0 bridgehead atoms. The first-order valence-electron chi connectivity index (χ1n) is 6.50. The van der Waals surface area contributed by atoms with Crippen LogP contribution in [0.5, 0.6) is 0 Å². The lowest BCUT2D eigenvalue weighted by molar-refractivity contribution is 0.701. The lowest BCUT2D eigenvalue weighted by atomic mass is 9.96. The van der Waals surface area contributed by atoms with Gasteiger partial charge in [0.15, 0.2) is 0 Å². The van der Waals surface area contributed by atoms with E-state index in [1.54, 1.807) is 0 Å². The zero-order chi connectivity index (χ0) is 11.5. The Morgan fingerprint density at radius 1 is 1.25 bits per heavy atom. The van der Waals surface area contributed by atoms with Gasteiger partial charge < -0.3 is 0 Å². The van der Waals surface area contributed by atoms with Crippen molar-refractivity contribution in [3.8, 4) is 0 Å². The van der Waals surface area contributed by atoms with Gasteiger partial charge in [-0.2, -0.15) is 0 Å². The summed E-state index contributed by atoms with van der Waals surface area (Å²) in [5.74, 6) is 0.900. The first kappa shape index (κ1) is 12.0. The molecule has 0 aromatic heterocycles. The maximum absolute atomic E-state index is 6.55. The van der Waals surface area contributed by atoms with Gasteiger partial charge in [0.05, 0.1) is 5.38 Å². The molecule has 0 radical (unpaired) electrons. The standard InChI is InChI=1S/C15H21Cl/c1-3-11-7-8-13(4-2)14(9-11)15(16)10-12-5-6-12/h7-9,12,15H,3-6,10H2,1-2H3. The quantitative estimate of drug-likeness (QED) is 0.639. The molecular formula is C15H21Cl. The number of benzene rings is 1. The largest absolute Gasteiger partial charge is 0.118 e. The summed E-state index contributed by atoms with van der Waals surface area (Å²) in [6.45, 7) is 4.42. The fourth-order valence-electron chi connectivity index (χ4n) is 2.25. The maximum Gasteiger partial charge on any atom is 0.0590 e. The minimum atomic E-state index is 0.231. The van der Waals surface area contributed by atoms with Crippen molar-refractivity contribution in [2.24, 2.45) is 5.92 Å². The molecule has 1 heteroatoms. The summed E-state index contributed by atoms with van der Waals surface area (Å²) < 4.78 is 0. The van der Waals surface area contributed by atoms with E-state index in [2.05, 4.69) is 32.0 Å². The molecule has 1 fully saturated rings. The van der Waals surface area contributed by atoms with Crippen molar-refractivity contribution in [3.05, 3.63) is 34.9 Å². The Morgan fingerprint density at radius 3 is 2.56 bits per heavy atom. The molecule has 1 unspecified atom stereocenters. The van der Waals surface area contributed by atoms with Crippen LogP contribution in [0.3, 0.4) is 0 Å². The number of halogens is 1. The van der Waals surface area contributed by atoms with Gasteiger partial charge in [0.25, 0.3) is 0 Å². The Kier molecular flexibility index (Phi) is 3.91. The fourth-order valence-corrected chi connectivity index (χ4v) is 2.71. The molecule has 88 valence electrons. The van der Waals surface area contributed by atoms with Gasteiger partial charge >= 0.3 is 0 Å². The first-order valence-corrected chi connectivity index (χ1v) is 6.94. The summed E-state index contributed by atoms with van der Waals surface area (Å²) in [4.78, 5) is 0. The SMILES string of the molecule is CCc1ccc(CC)c(C(Cl)CC2CC2)c1. The van der Waals surface area contributed by atoms with E-state index >= 15 is 0 Å². The molecule has 0 aliphatic heterocycles. The molecule has 0 spiro atoms. The highest BCUT2D eigenvalue weighted by atomic mass is 35.5. The monoisotopic (exact) mass is 236 g/mol. The minimum absolute atomic E-state index is 0.231. The van der Waals surface area contributed by atoms with Gasteiger partial charge in [-0.25, -0.2) is 0 Å². The highest BCUT2D eigenvalue weighted by Gasteiger charge is 2.26. The van der Waals surface area contributed by atoms with E-state index < -0.39 is 0 Å². The van der Waals surface area contributed by atoms with Crippen LogP contribution < -0.4 is 0 Å². The highest BCUT2D eigenvalue weighted by Crippen LogP contribution is 2.41. The number of aryl methyl sites for hydroxylation is 2. The smallest absolute Gasteiger partial charge is 0.0590 e. The molecule has 2 rings (SSSR count). The molecule has 1 atom stereocenters. The van der Waals surface area contributed by atoms with Crippen LogP contribution in [0.2, 0.25) is 0 Å². The molecule has 1 aliphatic rings. The predicted molar refractivity (Wildman–Crippen MR) is 71.1 cm³/mol. The minimum Gasteiger partial charge on any atom is -0.118 e. The van der Waals surface area contributed by atoms with Crippen LogP contribution in [0.4, 0.5) is 0 Å². The molecule has 0 nitrogen and oxygen atoms in total. The van der Waals surface area contributed by atoms with Crippen LogP contribution in [0.25, 0.3) is 0 Å². The van der Waals surface area contributed by atoms with Crippen molar-refractivity contribution < 1.29 is 0 Å². The molecule has 0 N–H and O–H groups in total. The van der Waals surface area contributed by atoms with Gasteiger partial charge in [-0.15, -0.1) is 11.6 Å². The fraction of sp³-hybridized carbons (Fsp3) is 0.600. The zero-order valence-corrected chi connectivity index (χ0v) is 11.1. The van der Waals surface area contributed by atoms with Crippen LogP contribution in [0.1, 0.15) is 55.2 Å². The molecule has 1 aromatic rings. The van der Waals surface area contributed by atoms with E-state index in [0.29, 0.717) is 0 Å². The van der Waals surface area contributed by atoms with Gasteiger partial charge in [0.2, 0.25) is 0 Å². The summed E-state index contributed by atoms with van der Waals surface area (Å²) in [5.41, 5.74) is 4.22. The van der Waals surface area contributed by atoms with E-state index in [-0.39, 0.29) is 5.38 Å². The number of hydrogen-bond donors (Lipinski definition) is 0. The Balaban J connectivity index is 2.20. The third kappa shape index (κ3) is 2.79. The molecular weight excluding hydrogens is 216 g/mol. The van der Waals surface area contributed by atoms with Gasteiger partial charge in [-0.3, -0.25) is 0 Å². The third-order valence-electron chi connectivity index (χ3n) is 3.57. The van der Waals surface area contributed by atoms with Crippen molar-refractivity contribution in [2.45, 2.75) is 51.3 Å². The van der Waals surface area contributed by atoms with Crippen LogP contribution >= 0.6 is 11.6 Å². The third-order valence-corrected chi connectivity index (χ3v) is 3.99. The highest BCUT2D eigenvalue weighted by molar-refractivity contribution is 6.20.